The van der Waals surface area contributed by atoms with Crippen LogP contribution in [0, 0.1) is 0 Å². The van der Waals surface area contributed by atoms with Gasteiger partial charge in [0.1, 0.15) is 17.2 Å². The molecule has 0 saturated carbocycles. The molecule has 2 aromatic carbocycles. The molecule has 0 bridgehead atoms. The Bertz CT molecular complexity index is 1160. The molecule has 2 aromatic heterocycles. The average molecular weight is 403 g/mol. The van der Waals surface area contributed by atoms with Gasteiger partial charge in [-0.05, 0) is 36.4 Å². The number of anilines is 4. The van der Waals surface area contributed by atoms with E-state index in [1.165, 1.54) is 17.7 Å². The Labute approximate surface area is 170 Å². The lowest BCUT2D eigenvalue weighted by Crippen LogP contribution is -2.19. The molecule has 6 N–H and O–H groups in total. The Morgan fingerprint density at radius 1 is 1.00 bits per heavy atom. The molecule has 2 amide bonds. The molecule has 29 heavy (non-hydrogen) atoms. The highest BCUT2D eigenvalue weighted by Crippen LogP contribution is 2.31. The first-order chi connectivity index (χ1) is 14.1. The Morgan fingerprint density at radius 3 is 2.59 bits per heavy atom. The van der Waals surface area contributed by atoms with Crippen molar-refractivity contribution < 1.29 is 4.79 Å². The van der Waals surface area contributed by atoms with Crippen molar-refractivity contribution in [3.63, 3.8) is 0 Å². The number of hydrogen-bond acceptors (Lipinski definition) is 7. The minimum Gasteiger partial charge on any atom is -0.399 e. The van der Waals surface area contributed by atoms with E-state index in [-0.39, 0.29) is 6.03 Å². The average Bonchev–Trinajstić information content (AvgIpc) is 3.20. The number of rotatable bonds is 4. The summed E-state index contributed by atoms with van der Waals surface area (Å²) in [7, 11) is 0. The number of hydrogen-bond donors (Lipinski definition) is 4. The molecule has 0 fully saturated rings. The first-order valence-corrected chi connectivity index (χ1v) is 9.52. The van der Waals surface area contributed by atoms with E-state index < -0.39 is 0 Å². The van der Waals surface area contributed by atoms with Crippen molar-refractivity contribution in [1.29, 1.82) is 0 Å². The molecule has 2 heterocycles. The van der Waals surface area contributed by atoms with Gasteiger partial charge in [0, 0.05) is 34.2 Å². The minimum absolute atomic E-state index is 0.347. The highest BCUT2D eigenvalue weighted by molar-refractivity contribution is 7.13. The van der Waals surface area contributed by atoms with Crippen molar-refractivity contribution in [3.8, 4) is 21.8 Å². The third kappa shape index (κ3) is 4.30. The van der Waals surface area contributed by atoms with Crippen LogP contribution in [0.15, 0.2) is 66.4 Å². The maximum Gasteiger partial charge on any atom is 0.323 e. The van der Waals surface area contributed by atoms with E-state index in [9.17, 15) is 4.79 Å². The van der Waals surface area contributed by atoms with Gasteiger partial charge in [0.15, 0.2) is 0 Å². The number of benzene rings is 2. The predicted octanol–water partition coefficient (Wildman–Crippen LogP) is 4.08. The van der Waals surface area contributed by atoms with Gasteiger partial charge in [-0.15, -0.1) is 11.3 Å². The van der Waals surface area contributed by atoms with Crippen molar-refractivity contribution in [2.45, 2.75) is 0 Å². The third-order valence-electron chi connectivity index (χ3n) is 4.06. The normalized spacial score (nSPS) is 10.5. The Balaban J connectivity index is 1.50. The van der Waals surface area contributed by atoms with Gasteiger partial charge in [-0.2, -0.15) is 0 Å². The molecule has 4 aromatic rings. The number of nitrogens with two attached hydrogens (primary N) is 2. The number of amides is 2. The zero-order valence-electron chi connectivity index (χ0n) is 15.2. The molecule has 0 unspecified atom stereocenters. The first-order valence-electron chi connectivity index (χ1n) is 8.64. The summed E-state index contributed by atoms with van der Waals surface area (Å²) < 4.78 is 0. The van der Waals surface area contributed by atoms with E-state index in [4.69, 9.17) is 11.5 Å². The Hall–Kier alpha value is -3.98. The number of nitrogens with zero attached hydrogens (tertiary/aromatic N) is 3. The van der Waals surface area contributed by atoms with Gasteiger partial charge in [-0.3, -0.25) is 0 Å². The van der Waals surface area contributed by atoms with E-state index >= 15 is 0 Å². The summed E-state index contributed by atoms with van der Waals surface area (Å²) in [4.78, 5) is 24.9. The highest BCUT2D eigenvalue weighted by atomic mass is 32.1. The summed E-state index contributed by atoms with van der Waals surface area (Å²) in [6, 6.07) is 14.0. The fourth-order valence-electron chi connectivity index (χ4n) is 2.65. The van der Waals surface area contributed by atoms with E-state index in [1.54, 1.807) is 30.5 Å². The lowest BCUT2D eigenvalue weighted by atomic mass is 10.1. The molecule has 9 heteroatoms. The van der Waals surface area contributed by atoms with E-state index in [0.717, 1.165) is 16.3 Å². The minimum atomic E-state index is -0.347. The number of urea groups is 1. The smallest absolute Gasteiger partial charge is 0.323 e. The van der Waals surface area contributed by atoms with Gasteiger partial charge >= 0.3 is 6.03 Å². The first kappa shape index (κ1) is 18.4. The molecule has 0 aliphatic rings. The van der Waals surface area contributed by atoms with Crippen LogP contribution in [-0.4, -0.2) is 21.0 Å². The number of thiazole rings is 1. The summed E-state index contributed by atoms with van der Waals surface area (Å²) in [6.45, 7) is 0. The summed E-state index contributed by atoms with van der Waals surface area (Å²) >= 11 is 1.45. The molecular weight excluding hydrogens is 386 g/mol. The van der Waals surface area contributed by atoms with Crippen molar-refractivity contribution in [1.82, 2.24) is 15.0 Å². The zero-order valence-corrected chi connectivity index (χ0v) is 16.0. The fraction of sp³-hybridized carbons (Fsp3) is 0. The topological polar surface area (TPSA) is 132 Å². The van der Waals surface area contributed by atoms with Gasteiger partial charge < -0.3 is 22.1 Å². The monoisotopic (exact) mass is 403 g/mol. The maximum absolute atomic E-state index is 12.2. The second-order valence-electron chi connectivity index (χ2n) is 6.14. The number of nitrogen functional groups attached to an aromatic ring is 2. The number of nitrogens with one attached hydrogen (secondary N) is 2. The van der Waals surface area contributed by atoms with Crippen molar-refractivity contribution in [3.05, 3.63) is 66.4 Å². The third-order valence-corrected chi connectivity index (χ3v) is 4.94. The molecule has 0 spiro atoms. The molecule has 0 saturated heterocycles. The molecule has 0 atom stereocenters. The van der Waals surface area contributed by atoms with Gasteiger partial charge in [-0.1, -0.05) is 12.1 Å². The van der Waals surface area contributed by atoms with Crippen molar-refractivity contribution >= 4 is 40.2 Å². The molecule has 8 nitrogen and oxygen atoms in total. The van der Waals surface area contributed by atoms with Gasteiger partial charge in [0.2, 0.25) is 0 Å². The van der Waals surface area contributed by atoms with Crippen molar-refractivity contribution in [2.24, 2.45) is 0 Å². The van der Waals surface area contributed by atoms with Crippen LogP contribution in [0.25, 0.3) is 21.8 Å². The molecule has 0 aliphatic carbocycles. The van der Waals surface area contributed by atoms with Crippen LogP contribution in [0.4, 0.5) is 27.7 Å². The van der Waals surface area contributed by atoms with E-state index in [2.05, 4.69) is 25.6 Å². The van der Waals surface area contributed by atoms with E-state index in [1.807, 2.05) is 29.6 Å². The molecule has 0 radical (unpaired) electrons. The van der Waals surface area contributed by atoms with Gasteiger partial charge in [0.05, 0.1) is 11.3 Å². The lowest BCUT2D eigenvalue weighted by molar-refractivity contribution is 0.262. The van der Waals surface area contributed by atoms with Crippen LogP contribution >= 0.6 is 11.3 Å². The largest absolute Gasteiger partial charge is 0.399 e. The lowest BCUT2D eigenvalue weighted by Gasteiger charge is -2.09. The number of aromatic nitrogens is 3. The zero-order chi connectivity index (χ0) is 20.2. The molecule has 144 valence electrons. The predicted molar refractivity (Wildman–Crippen MR) is 116 cm³/mol. The standard InChI is InChI=1S/C20H17N7OS/c21-13-4-6-14(7-5-13)25-20(28)26-15-3-1-2-12(8-15)17-10-29-19(27-17)16-9-23-11-24-18(16)22/h1-11H,21H2,(H2,22,23,24)(H2,25,26,28). The Kier molecular flexibility index (Phi) is 5.04. The van der Waals surface area contributed by atoms with E-state index in [0.29, 0.717) is 28.4 Å². The van der Waals surface area contributed by atoms with Crippen LogP contribution in [0.1, 0.15) is 0 Å². The molecular formula is C20H17N7OS. The summed E-state index contributed by atoms with van der Waals surface area (Å²) in [6.07, 6.45) is 3.04. The van der Waals surface area contributed by atoms with Gasteiger partial charge in [-0.25, -0.2) is 19.7 Å². The SMILES string of the molecule is Nc1ccc(NC(=O)Nc2cccc(-c3csc(-c4cncnc4N)n3)c2)cc1. The molecule has 0 aliphatic heterocycles. The van der Waals surface area contributed by atoms with Crippen molar-refractivity contribution in [2.75, 3.05) is 22.1 Å². The fourth-order valence-corrected chi connectivity index (χ4v) is 3.50. The van der Waals surface area contributed by atoms with Gasteiger partial charge in [0.25, 0.3) is 0 Å². The summed E-state index contributed by atoms with van der Waals surface area (Å²) in [5.74, 6) is 0.385. The summed E-state index contributed by atoms with van der Waals surface area (Å²) in [5, 5.41) is 8.24. The van der Waals surface area contributed by atoms with Crippen LogP contribution in [0.5, 0.6) is 0 Å². The van der Waals surface area contributed by atoms with Crippen LogP contribution in [0.3, 0.4) is 0 Å². The second-order valence-corrected chi connectivity index (χ2v) is 7.00. The second kappa shape index (κ2) is 7.95. The van der Waals surface area contributed by atoms with Crippen LogP contribution in [0.2, 0.25) is 0 Å². The van der Waals surface area contributed by atoms with Crippen LogP contribution in [-0.2, 0) is 0 Å². The Morgan fingerprint density at radius 2 is 1.79 bits per heavy atom. The van der Waals surface area contributed by atoms with Crippen LogP contribution < -0.4 is 22.1 Å². The summed E-state index contributed by atoms with van der Waals surface area (Å²) in [5.41, 5.74) is 15.8. The quantitative estimate of drug-likeness (QED) is 0.380. The molecule has 4 rings (SSSR count). The maximum atomic E-state index is 12.2. The highest BCUT2D eigenvalue weighted by Gasteiger charge is 2.11. The number of carbonyl (C=O) groups excluding carboxylic acids is 1. The number of carbonyl (C=O) groups is 1.